The zero-order chi connectivity index (χ0) is 9.84. The highest BCUT2D eigenvalue weighted by atomic mass is 16.5. The molecule has 1 heterocycles. The number of carbonyl (C=O) groups is 2. The molecule has 0 radical (unpaired) electrons. The molecule has 70 valence electrons. The van der Waals surface area contributed by atoms with Gasteiger partial charge in [0.25, 0.3) is 0 Å². The number of ether oxygens (including phenoxy) is 1. The number of nitrogens with zero attached hydrogens (tertiary/aromatic N) is 1. The lowest BCUT2D eigenvalue weighted by Crippen LogP contribution is -2.27. The predicted molar refractivity (Wildman–Crippen MR) is 45.6 cm³/mol. The molecule has 1 saturated heterocycles. The molecule has 0 N–H and O–H groups in total. The molecule has 4 heteroatoms. The summed E-state index contributed by atoms with van der Waals surface area (Å²) in [5.74, 6) is 1.97. The third kappa shape index (κ3) is 2.48. The fourth-order valence-corrected chi connectivity index (χ4v) is 1.31. The standard InChI is InChI=1S/C9H11NO3/c1-3-4-10-6-8(5-9(10)12)13-7(2)11/h1,8H,4-6H2,2H3/t8-/m0/s1. The molecule has 0 bridgehead atoms. The van der Waals surface area contributed by atoms with Gasteiger partial charge in [-0.05, 0) is 0 Å². The Kier molecular flexibility index (Phi) is 2.91. The van der Waals surface area contributed by atoms with Gasteiger partial charge in [0.05, 0.1) is 19.5 Å². The maximum absolute atomic E-state index is 11.2. The van der Waals surface area contributed by atoms with Gasteiger partial charge in [-0.25, -0.2) is 0 Å². The second-order valence-corrected chi connectivity index (χ2v) is 2.91. The fourth-order valence-electron chi connectivity index (χ4n) is 1.31. The van der Waals surface area contributed by atoms with Gasteiger partial charge in [0.1, 0.15) is 6.10 Å². The van der Waals surface area contributed by atoms with Crippen LogP contribution in [0.1, 0.15) is 13.3 Å². The lowest BCUT2D eigenvalue weighted by Gasteiger charge is -2.12. The fraction of sp³-hybridized carbons (Fsp3) is 0.556. The number of terminal acetylenes is 1. The third-order valence-electron chi connectivity index (χ3n) is 1.79. The van der Waals surface area contributed by atoms with E-state index in [4.69, 9.17) is 11.2 Å². The Hall–Kier alpha value is -1.50. The summed E-state index contributed by atoms with van der Waals surface area (Å²) in [4.78, 5) is 23.3. The molecule has 0 aromatic rings. The number of rotatable bonds is 2. The van der Waals surface area contributed by atoms with Crippen LogP contribution in [0.25, 0.3) is 0 Å². The zero-order valence-corrected chi connectivity index (χ0v) is 7.45. The molecule has 0 aromatic carbocycles. The molecule has 0 spiro atoms. The first-order chi connectivity index (χ1) is 6.13. The second-order valence-electron chi connectivity index (χ2n) is 2.91. The lowest BCUT2D eigenvalue weighted by molar-refractivity contribution is -0.145. The average molecular weight is 181 g/mol. The van der Waals surface area contributed by atoms with Crippen LogP contribution in [-0.2, 0) is 14.3 Å². The molecule has 1 aliphatic rings. The van der Waals surface area contributed by atoms with Crippen LogP contribution in [0.15, 0.2) is 0 Å². The van der Waals surface area contributed by atoms with Crippen LogP contribution >= 0.6 is 0 Å². The van der Waals surface area contributed by atoms with Crippen molar-refractivity contribution in [2.45, 2.75) is 19.4 Å². The van der Waals surface area contributed by atoms with E-state index in [0.29, 0.717) is 6.54 Å². The minimum absolute atomic E-state index is 0.0517. The van der Waals surface area contributed by atoms with Crippen molar-refractivity contribution in [3.8, 4) is 12.3 Å². The molecule has 0 aliphatic carbocycles. The molecule has 0 unspecified atom stereocenters. The zero-order valence-electron chi connectivity index (χ0n) is 7.45. The van der Waals surface area contributed by atoms with Crippen LogP contribution in [0.5, 0.6) is 0 Å². The normalized spacial score (nSPS) is 21.4. The van der Waals surface area contributed by atoms with Crippen molar-refractivity contribution in [3.63, 3.8) is 0 Å². The van der Waals surface area contributed by atoms with Crippen molar-refractivity contribution >= 4 is 11.9 Å². The number of likely N-dealkylation sites (tertiary alicyclic amines) is 1. The van der Waals surface area contributed by atoms with Gasteiger partial charge in [-0.3, -0.25) is 9.59 Å². The van der Waals surface area contributed by atoms with E-state index in [1.807, 2.05) is 0 Å². The van der Waals surface area contributed by atoms with Crippen molar-refractivity contribution in [3.05, 3.63) is 0 Å². The van der Waals surface area contributed by atoms with Gasteiger partial charge in [-0.2, -0.15) is 0 Å². The first kappa shape index (κ1) is 9.59. The summed E-state index contributed by atoms with van der Waals surface area (Å²) in [5.41, 5.74) is 0. The highest BCUT2D eigenvalue weighted by Crippen LogP contribution is 2.13. The highest BCUT2D eigenvalue weighted by Gasteiger charge is 2.30. The van der Waals surface area contributed by atoms with Crippen molar-refractivity contribution in [2.24, 2.45) is 0 Å². The Bertz CT molecular complexity index is 267. The average Bonchev–Trinajstić information content (AvgIpc) is 2.31. The molecule has 0 aromatic heterocycles. The Labute approximate surface area is 76.8 Å². The van der Waals surface area contributed by atoms with E-state index in [0.717, 1.165) is 0 Å². The first-order valence-electron chi connectivity index (χ1n) is 4.02. The van der Waals surface area contributed by atoms with Gasteiger partial charge in [0.2, 0.25) is 5.91 Å². The maximum Gasteiger partial charge on any atom is 0.302 e. The van der Waals surface area contributed by atoms with Crippen molar-refractivity contribution in [1.82, 2.24) is 4.90 Å². The minimum Gasteiger partial charge on any atom is -0.460 e. The van der Waals surface area contributed by atoms with Crippen molar-refractivity contribution in [2.75, 3.05) is 13.1 Å². The summed E-state index contributed by atoms with van der Waals surface area (Å²) in [6.07, 6.45) is 5.00. The van der Waals surface area contributed by atoms with Gasteiger partial charge in [0.15, 0.2) is 0 Å². The maximum atomic E-state index is 11.2. The Morgan fingerprint density at radius 1 is 1.85 bits per heavy atom. The number of carbonyl (C=O) groups excluding carboxylic acids is 2. The molecule has 13 heavy (non-hydrogen) atoms. The van der Waals surface area contributed by atoms with E-state index < -0.39 is 0 Å². The van der Waals surface area contributed by atoms with Gasteiger partial charge < -0.3 is 9.64 Å². The summed E-state index contributed by atoms with van der Waals surface area (Å²) in [6, 6.07) is 0. The van der Waals surface area contributed by atoms with E-state index >= 15 is 0 Å². The Balaban J connectivity index is 2.46. The van der Waals surface area contributed by atoms with Crippen LogP contribution in [-0.4, -0.2) is 36.0 Å². The van der Waals surface area contributed by atoms with Gasteiger partial charge in [-0.1, -0.05) is 5.92 Å². The second kappa shape index (κ2) is 3.94. The summed E-state index contributed by atoms with van der Waals surface area (Å²) in [5, 5.41) is 0. The molecular weight excluding hydrogens is 170 g/mol. The smallest absolute Gasteiger partial charge is 0.302 e. The molecule has 1 fully saturated rings. The molecule has 1 rings (SSSR count). The monoisotopic (exact) mass is 181 g/mol. The SMILES string of the molecule is C#CCN1C[C@@H](OC(C)=O)CC1=O. The minimum atomic E-state index is -0.361. The molecule has 1 amide bonds. The van der Waals surface area contributed by atoms with E-state index in [1.54, 1.807) is 0 Å². The highest BCUT2D eigenvalue weighted by molar-refractivity contribution is 5.80. The van der Waals surface area contributed by atoms with E-state index in [9.17, 15) is 9.59 Å². The van der Waals surface area contributed by atoms with Crippen LogP contribution in [0.2, 0.25) is 0 Å². The van der Waals surface area contributed by atoms with E-state index in [1.165, 1.54) is 11.8 Å². The first-order valence-corrected chi connectivity index (χ1v) is 4.02. The lowest BCUT2D eigenvalue weighted by atomic mass is 10.3. The van der Waals surface area contributed by atoms with E-state index in [-0.39, 0.29) is 30.9 Å². The van der Waals surface area contributed by atoms with Crippen LogP contribution in [0.3, 0.4) is 0 Å². The van der Waals surface area contributed by atoms with Gasteiger partial charge in [0, 0.05) is 6.92 Å². The predicted octanol–water partition coefficient (Wildman–Crippen LogP) is -0.216. The van der Waals surface area contributed by atoms with E-state index in [2.05, 4.69) is 5.92 Å². The van der Waals surface area contributed by atoms with Crippen LogP contribution < -0.4 is 0 Å². The van der Waals surface area contributed by atoms with Crippen LogP contribution in [0, 0.1) is 12.3 Å². The number of amides is 1. The summed E-state index contributed by atoms with van der Waals surface area (Å²) in [6.45, 7) is 2.04. The molecule has 4 nitrogen and oxygen atoms in total. The number of hydrogen-bond acceptors (Lipinski definition) is 3. The molecule has 0 saturated carbocycles. The third-order valence-corrected chi connectivity index (χ3v) is 1.79. The van der Waals surface area contributed by atoms with Gasteiger partial charge in [-0.15, -0.1) is 6.42 Å². The van der Waals surface area contributed by atoms with Gasteiger partial charge >= 0.3 is 5.97 Å². The topological polar surface area (TPSA) is 46.6 Å². The largest absolute Gasteiger partial charge is 0.460 e. The molecule has 1 atom stereocenters. The van der Waals surface area contributed by atoms with Crippen molar-refractivity contribution < 1.29 is 14.3 Å². The number of hydrogen-bond donors (Lipinski definition) is 0. The van der Waals surface area contributed by atoms with Crippen LogP contribution in [0.4, 0.5) is 0 Å². The molecular formula is C9H11NO3. The molecule has 1 aliphatic heterocycles. The Morgan fingerprint density at radius 2 is 2.54 bits per heavy atom. The van der Waals surface area contributed by atoms with Crippen molar-refractivity contribution in [1.29, 1.82) is 0 Å². The number of esters is 1. The summed E-state index contributed by atoms with van der Waals surface area (Å²) >= 11 is 0. The summed E-state index contributed by atoms with van der Waals surface area (Å²) < 4.78 is 4.89. The quantitative estimate of drug-likeness (QED) is 0.437. The Morgan fingerprint density at radius 3 is 3.08 bits per heavy atom. The summed E-state index contributed by atoms with van der Waals surface area (Å²) in [7, 11) is 0.